The summed E-state index contributed by atoms with van der Waals surface area (Å²) in [6, 6.07) is 27.5. The Hall–Kier alpha value is -4.24. The summed E-state index contributed by atoms with van der Waals surface area (Å²) < 4.78 is 65.3. The Kier molecular flexibility index (Phi) is 5.02. The maximum absolute atomic E-state index is 15.4. The van der Waals surface area contributed by atoms with Crippen LogP contribution in [0.2, 0.25) is 0 Å². The molecular formula is C38H34FNO. The van der Waals surface area contributed by atoms with Crippen LogP contribution in [0.25, 0.3) is 55.4 Å². The third kappa shape index (κ3) is 4.74. The highest BCUT2D eigenvalue weighted by Crippen LogP contribution is 2.44. The number of halogens is 1. The van der Waals surface area contributed by atoms with E-state index in [9.17, 15) is 1.37 Å². The minimum Gasteiger partial charge on any atom is -0.455 e. The number of hydrogen-bond acceptors (Lipinski definition) is 2. The Morgan fingerprint density at radius 3 is 2.27 bits per heavy atom. The van der Waals surface area contributed by atoms with E-state index in [1.807, 2.05) is 66.7 Å². The highest BCUT2D eigenvalue weighted by atomic mass is 19.1. The first kappa shape index (κ1) is 20.6. The SMILES string of the molecule is [2H]c1cc(C2([2H])CCC(C)(C)CC2)cc(C([2H])([2H])[2H])c1-c1cc(F)nc(-c2cccc3c2oc2c(-c4ccccc4)cccc23)c1. The van der Waals surface area contributed by atoms with Gasteiger partial charge in [0, 0.05) is 33.4 Å². The van der Waals surface area contributed by atoms with Gasteiger partial charge in [-0.15, -0.1) is 0 Å². The van der Waals surface area contributed by atoms with E-state index in [4.69, 9.17) is 9.90 Å². The molecule has 0 radical (unpaired) electrons. The van der Waals surface area contributed by atoms with Gasteiger partial charge in [0.2, 0.25) is 5.95 Å². The third-order valence-corrected chi connectivity index (χ3v) is 8.52. The van der Waals surface area contributed by atoms with Crippen LogP contribution in [0.5, 0.6) is 0 Å². The number of pyridine rings is 1. The van der Waals surface area contributed by atoms with Gasteiger partial charge in [0.05, 0.1) is 7.06 Å². The number of nitrogens with zero attached hydrogens (tertiary/aromatic N) is 1. The maximum Gasteiger partial charge on any atom is 0.214 e. The highest BCUT2D eigenvalue weighted by Gasteiger charge is 2.28. The Morgan fingerprint density at radius 2 is 1.54 bits per heavy atom. The number of hydrogen-bond donors (Lipinski definition) is 0. The second kappa shape index (κ2) is 9.99. The van der Waals surface area contributed by atoms with Crippen molar-refractivity contribution in [1.82, 2.24) is 4.98 Å². The lowest BCUT2D eigenvalue weighted by atomic mass is 9.71. The van der Waals surface area contributed by atoms with Crippen LogP contribution >= 0.6 is 0 Å². The first-order valence-electron chi connectivity index (χ1n) is 16.7. The van der Waals surface area contributed by atoms with Crippen LogP contribution < -0.4 is 0 Å². The molecule has 2 aromatic heterocycles. The molecule has 0 N–H and O–H groups in total. The summed E-state index contributed by atoms with van der Waals surface area (Å²) in [4.78, 5) is 4.21. The number of aryl methyl sites for hydroxylation is 1. The van der Waals surface area contributed by atoms with Crippen LogP contribution in [0.1, 0.15) is 63.4 Å². The first-order chi connectivity index (χ1) is 21.8. The molecule has 0 unspecified atom stereocenters. The topological polar surface area (TPSA) is 26.0 Å². The summed E-state index contributed by atoms with van der Waals surface area (Å²) in [5.74, 6) is -1.77. The summed E-state index contributed by atoms with van der Waals surface area (Å²) in [5, 5.41) is 1.77. The van der Waals surface area contributed by atoms with Crippen LogP contribution in [0.15, 0.2) is 101 Å². The molecule has 3 heteroatoms. The molecule has 41 heavy (non-hydrogen) atoms. The van der Waals surface area contributed by atoms with Crippen LogP contribution in [0.3, 0.4) is 0 Å². The quantitative estimate of drug-likeness (QED) is 0.206. The Balaban J connectivity index is 1.38. The average Bonchev–Trinajstić information content (AvgIpc) is 3.41. The molecular weight excluding hydrogens is 505 g/mol. The molecule has 0 bridgehead atoms. The van der Waals surface area contributed by atoms with Gasteiger partial charge in [-0.3, -0.25) is 0 Å². The molecule has 4 aromatic carbocycles. The predicted molar refractivity (Wildman–Crippen MR) is 168 cm³/mol. The van der Waals surface area contributed by atoms with Crippen molar-refractivity contribution in [3.63, 3.8) is 0 Å². The third-order valence-electron chi connectivity index (χ3n) is 8.52. The molecule has 0 amide bonds. The van der Waals surface area contributed by atoms with E-state index >= 15 is 4.39 Å². The summed E-state index contributed by atoms with van der Waals surface area (Å²) in [5.41, 5.74) is 4.97. The second-order valence-electron chi connectivity index (χ2n) is 11.8. The molecule has 0 atom stereocenters. The number of aromatic nitrogens is 1. The number of para-hydroxylation sites is 2. The largest absolute Gasteiger partial charge is 0.455 e. The van der Waals surface area contributed by atoms with Crippen molar-refractivity contribution >= 4 is 21.9 Å². The number of benzene rings is 4. The van der Waals surface area contributed by atoms with E-state index in [-0.39, 0.29) is 33.8 Å². The summed E-state index contributed by atoms with van der Waals surface area (Å²) in [6.45, 7) is 1.78. The zero-order chi connectivity index (χ0) is 32.4. The first-order valence-corrected chi connectivity index (χ1v) is 14.2. The Bertz CT molecular complexity index is 2110. The molecule has 6 aromatic rings. The molecule has 204 valence electrons. The molecule has 1 aliphatic carbocycles. The predicted octanol–water partition coefficient (Wildman–Crippen LogP) is 11.1. The molecule has 1 aliphatic rings. The van der Waals surface area contributed by atoms with Crippen molar-refractivity contribution in [2.24, 2.45) is 5.41 Å². The van der Waals surface area contributed by atoms with Gasteiger partial charge in [0.25, 0.3) is 0 Å². The van der Waals surface area contributed by atoms with E-state index in [1.54, 1.807) is 18.2 Å². The summed E-state index contributed by atoms with van der Waals surface area (Å²) in [7, 11) is 0. The van der Waals surface area contributed by atoms with E-state index in [2.05, 4.69) is 18.8 Å². The number of rotatable bonds is 4. The Morgan fingerprint density at radius 1 is 0.829 bits per heavy atom. The standard InChI is InChI=1S/C38H34FNO/c1-24-21-27(25-17-19-38(2,3)20-18-25)15-16-29(24)28-22-34(40-35(39)23-28)33-14-8-13-32-31-12-7-11-30(36(31)41-37(32)33)26-9-5-4-6-10-26/h4-16,21-23,25H,17-20H2,1-3H3/i1D3,16D,25D. The average molecular weight is 545 g/mol. The molecule has 2 nitrogen and oxygen atoms in total. The molecule has 0 spiro atoms. The van der Waals surface area contributed by atoms with E-state index in [0.29, 0.717) is 35.1 Å². The Labute approximate surface area is 247 Å². The zero-order valence-corrected chi connectivity index (χ0v) is 23.2. The smallest absolute Gasteiger partial charge is 0.214 e. The number of furan rings is 1. The van der Waals surface area contributed by atoms with Gasteiger partial charge in [-0.05, 0) is 83.8 Å². The fourth-order valence-electron chi connectivity index (χ4n) is 6.10. The monoisotopic (exact) mass is 544 g/mol. The lowest BCUT2D eigenvalue weighted by Gasteiger charge is -2.34. The van der Waals surface area contributed by atoms with E-state index in [1.165, 1.54) is 6.07 Å². The molecule has 0 aliphatic heterocycles. The van der Waals surface area contributed by atoms with Gasteiger partial charge in [-0.2, -0.15) is 4.39 Å². The highest BCUT2D eigenvalue weighted by molar-refractivity contribution is 6.12. The van der Waals surface area contributed by atoms with Gasteiger partial charge in [-0.25, -0.2) is 4.98 Å². The fourth-order valence-corrected chi connectivity index (χ4v) is 6.10. The minimum absolute atomic E-state index is 0.0499. The summed E-state index contributed by atoms with van der Waals surface area (Å²) >= 11 is 0. The molecule has 7 rings (SSSR count). The summed E-state index contributed by atoms with van der Waals surface area (Å²) in [6.07, 6.45) is 2.85. The molecule has 1 saturated carbocycles. The van der Waals surface area contributed by atoms with Crippen LogP contribution in [0, 0.1) is 18.2 Å². The minimum atomic E-state index is -2.59. The van der Waals surface area contributed by atoms with Crippen molar-refractivity contribution in [3.8, 4) is 33.5 Å². The van der Waals surface area contributed by atoms with Crippen molar-refractivity contribution in [3.05, 3.63) is 114 Å². The van der Waals surface area contributed by atoms with Crippen LogP contribution in [-0.4, -0.2) is 4.98 Å². The van der Waals surface area contributed by atoms with Gasteiger partial charge < -0.3 is 4.42 Å². The fraction of sp³-hybridized carbons (Fsp3) is 0.237. The second-order valence-corrected chi connectivity index (χ2v) is 11.8. The van der Waals surface area contributed by atoms with Crippen LogP contribution in [-0.2, 0) is 0 Å². The van der Waals surface area contributed by atoms with E-state index in [0.717, 1.165) is 34.7 Å². The lowest BCUT2D eigenvalue weighted by Crippen LogP contribution is -2.20. The molecule has 2 heterocycles. The van der Waals surface area contributed by atoms with Crippen molar-refractivity contribution in [1.29, 1.82) is 0 Å². The molecule has 0 saturated heterocycles. The van der Waals surface area contributed by atoms with Gasteiger partial charge in [-0.1, -0.05) is 92.7 Å². The van der Waals surface area contributed by atoms with E-state index < -0.39 is 18.7 Å². The van der Waals surface area contributed by atoms with Gasteiger partial charge in [0.15, 0.2) is 0 Å². The maximum atomic E-state index is 15.4. The zero-order valence-electron chi connectivity index (χ0n) is 28.2. The van der Waals surface area contributed by atoms with Crippen LogP contribution in [0.4, 0.5) is 4.39 Å². The normalized spacial score (nSPS) is 18.4. The van der Waals surface area contributed by atoms with Crippen molar-refractivity contribution < 1.29 is 15.7 Å². The lowest BCUT2D eigenvalue weighted by molar-refractivity contribution is 0.224. The van der Waals surface area contributed by atoms with Crippen molar-refractivity contribution in [2.75, 3.05) is 0 Å². The number of fused-ring (bicyclic) bond motifs is 3. The molecule has 1 fully saturated rings. The van der Waals surface area contributed by atoms with Crippen molar-refractivity contribution in [2.45, 2.75) is 52.3 Å². The van der Waals surface area contributed by atoms with Gasteiger partial charge >= 0.3 is 0 Å². The van der Waals surface area contributed by atoms with Gasteiger partial charge in [0.1, 0.15) is 11.2 Å².